The van der Waals surface area contributed by atoms with Crippen molar-refractivity contribution in [1.29, 1.82) is 0 Å². The van der Waals surface area contributed by atoms with E-state index in [4.69, 9.17) is 9.47 Å². The number of nitrogens with one attached hydrogen (secondary N) is 1. The average molecular weight is 484 g/mol. The zero-order chi connectivity index (χ0) is 23.0. The molecule has 0 unspecified atom stereocenters. The molecule has 0 radical (unpaired) electrons. The molecule has 1 aliphatic carbocycles. The topological polar surface area (TPSA) is 81.7 Å². The highest BCUT2D eigenvalue weighted by molar-refractivity contribution is 7.91. The van der Waals surface area contributed by atoms with Gasteiger partial charge in [-0.05, 0) is 56.0 Å². The lowest BCUT2D eigenvalue weighted by atomic mass is 9.90. The van der Waals surface area contributed by atoms with Gasteiger partial charge in [-0.25, -0.2) is 8.42 Å². The molecule has 1 aromatic heterocycles. The van der Waals surface area contributed by atoms with Gasteiger partial charge in [0.2, 0.25) is 15.7 Å². The number of rotatable bonds is 6. The maximum Gasteiger partial charge on any atom is 0.225 e. The third-order valence-corrected chi connectivity index (χ3v) is 9.34. The van der Waals surface area contributed by atoms with Crippen molar-refractivity contribution in [3.8, 4) is 11.5 Å². The number of thiophene rings is 1. The Hall–Kier alpha value is -2.84. The molecule has 2 heterocycles. The second-order valence-corrected chi connectivity index (χ2v) is 11.2. The summed E-state index contributed by atoms with van der Waals surface area (Å²) in [6.45, 7) is 0. The molecule has 3 aromatic rings. The third-order valence-electron chi connectivity index (χ3n) is 6.31. The van der Waals surface area contributed by atoms with Gasteiger partial charge in [0.05, 0.1) is 23.8 Å². The molecular weight excluding hydrogens is 458 g/mol. The number of fused-ring (bicyclic) bond motifs is 1. The van der Waals surface area contributed by atoms with E-state index in [2.05, 4.69) is 5.32 Å². The van der Waals surface area contributed by atoms with E-state index >= 15 is 0 Å². The summed E-state index contributed by atoms with van der Waals surface area (Å²) in [4.78, 5) is 13.8. The van der Waals surface area contributed by atoms with Crippen LogP contribution in [0.2, 0.25) is 0 Å². The smallest absolute Gasteiger partial charge is 0.225 e. The highest BCUT2D eigenvalue weighted by Crippen LogP contribution is 2.48. The summed E-state index contributed by atoms with van der Waals surface area (Å²) in [5, 5.41) is 4.45. The Morgan fingerprint density at radius 2 is 1.76 bits per heavy atom. The molecule has 5 rings (SSSR count). The lowest BCUT2D eigenvalue weighted by Gasteiger charge is -2.26. The van der Waals surface area contributed by atoms with E-state index < -0.39 is 9.84 Å². The molecular formula is C25H25NO5S2. The van der Waals surface area contributed by atoms with Crippen molar-refractivity contribution in [2.24, 2.45) is 0 Å². The van der Waals surface area contributed by atoms with Gasteiger partial charge in [0.25, 0.3) is 0 Å². The summed E-state index contributed by atoms with van der Waals surface area (Å²) < 4.78 is 38.3. The van der Waals surface area contributed by atoms with Gasteiger partial charge in [0.1, 0.15) is 16.4 Å². The quantitative estimate of drug-likeness (QED) is 0.509. The Morgan fingerprint density at radius 1 is 1.03 bits per heavy atom. The summed E-state index contributed by atoms with van der Waals surface area (Å²) in [5.74, 6) is 0.903. The molecule has 1 amide bonds. The third kappa shape index (κ3) is 4.13. The first kappa shape index (κ1) is 22.0. The summed E-state index contributed by atoms with van der Waals surface area (Å²) in [6.07, 6.45) is 4.85. The Morgan fingerprint density at radius 3 is 2.48 bits per heavy atom. The minimum absolute atomic E-state index is 0.125. The number of carbonyl (C=O) groups is 1. The predicted octanol–water partition coefficient (Wildman–Crippen LogP) is 5.39. The molecule has 1 fully saturated rings. The molecule has 33 heavy (non-hydrogen) atoms. The van der Waals surface area contributed by atoms with Crippen molar-refractivity contribution in [1.82, 2.24) is 0 Å². The van der Waals surface area contributed by atoms with Gasteiger partial charge < -0.3 is 14.8 Å². The van der Waals surface area contributed by atoms with E-state index in [0.29, 0.717) is 11.4 Å². The van der Waals surface area contributed by atoms with Crippen LogP contribution in [0.1, 0.15) is 48.5 Å². The van der Waals surface area contributed by atoms with Crippen LogP contribution in [-0.4, -0.2) is 27.5 Å². The minimum atomic E-state index is -3.81. The molecule has 1 aliphatic heterocycles. The minimum Gasteiger partial charge on any atom is -0.497 e. The molecule has 2 aromatic carbocycles. The van der Waals surface area contributed by atoms with Crippen LogP contribution in [0.5, 0.6) is 11.5 Å². The molecule has 6 nitrogen and oxygen atoms in total. The second-order valence-electron chi connectivity index (χ2n) is 8.39. The van der Waals surface area contributed by atoms with Crippen LogP contribution < -0.4 is 14.8 Å². The number of para-hydroxylation sites is 1. The first-order chi connectivity index (χ1) is 16.0. The molecule has 172 valence electrons. The van der Waals surface area contributed by atoms with E-state index in [1.807, 2.05) is 24.3 Å². The lowest BCUT2D eigenvalue weighted by Crippen LogP contribution is -2.24. The van der Waals surface area contributed by atoms with E-state index in [1.54, 1.807) is 17.5 Å². The van der Waals surface area contributed by atoms with Crippen molar-refractivity contribution in [3.05, 3.63) is 64.4 Å². The summed E-state index contributed by atoms with van der Waals surface area (Å²) in [6, 6.07) is 14.1. The Bertz CT molecular complexity index is 1270. The Labute approximate surface area is 197 Å². The Kier molecular flexibility index (Phi) is 5.88. The molecule has 8 heteroatoms. The largest absolute Gasteiger partial charge is 0.497 e. The molecule has 2 aliphatic rings. The SMILES string of the molecule is COc1ccc(S(=O)(=O)c2csc3c2NC(=O)C[C@H]3c2ccccc2OC2CCCC2)cc1. The first-order valence-electron chi connectivity index (χ1n) is 11.0. The number of methoxy groups -OCH3 is 1. The number of amides is 1. The number of benzene rings is 2. The number of hydrogen-bond donors (Lipinski definition) is 1. The first-order valence-corrected chi connectivity index (χ1v) is 13.4. The number of sulfone groups is 1. The monoisotopic (exact) mass is 483 g/mol. The van der Waals surface area contributed by atoms with E-state index in [-0.39, 0.29) is 34.1 Å². The number of anilines is 1. The van der Waals surface area contributed by atoms with Crippen molar-refractivity contribution in [2.45, 2.75) is 53.9 Å². The zero-order valence-electron chi connectivity index (χ0n) is 18.2. The fourth-order valence-electron chi connectivity index (χ4n) is 4.60. The van der Waals surface area contributed by atoms with Crippen LogP contribution in [0, 0.1) is 0 Å². The summed E-state index contributed by atoms with van der Waals surface area (Å²) in [5.41, 5.74) is 1.31. The normalized spacial score (nSPS) is 18.6. The predicted molar refractivity (Wildman–Crippen MR) is 127 cm³/mol. The lowest BCUT2D eigenvalue weighted by molar-refractivity contribution is -0.116. The van der Waals surface area contributed by atoms with Crippen LogP contribution >= 0.6 is 11.3 Å². The number of ether oxygens (including phenoxy) is 2. The maximum atomic E-state index is 13.4. The number of carbonyl (C=O) groups excluding carboxylic acids is 1. The van der Waals surface area contributed by atoms with Crippen LogP contribution in [0.15, 0.2) is 63.7 Å². The molecule has 1 saturated carbocycles. The Balaban J connectivity index is 1.54. The van der Waals surface area contributed by atoms with Crippen LogP contribution in [0.25, 0.3) is 0 Å². The van der Waals surface area contributed by atoms with Crippen molar-refractivity contribution in [3.63, 3.8) is 0 Å². The molecule has 1 N–H and O–H groups in total. The fraction of sp³-hybridized carbons (Fsp3) is 0.320. The average Bonchev–Trinajstić information content (AvgIpc) is 3.49. The maximum absolute atomic E-state index is 13.4. The summed E-state index contributed by atoms with van der Waals surface area (Å²) >= 11 is 1.36. The summed E-state index contributed by atoms with van der Waals surface area (Å²) in [7, 11) is -2.28. The molecule has 0 bridgehead atoms. The van der Waals surface area contributed by atoms with Crippen molar-refractivity contribution >= 4 is 32.8 Å². The van der Waals surface area contributed by atoms with Crippen molar-refractivity contribution in [2.75, 3.05) is 12.4 Å². The highest BCUT2D eigenvalue weighted by Gasteiger charge is 2.35. The van der Waals surface area contributed by atoms with Gasteiger partial charge >= 0.3 is 0 Å². The molecule has 1 atom stereocenters. The van der Waals surface area contributed by atoms with Crippen LogP contribution in [-0.2, 0) is 14.6 Å². The van der Waals surface area contributed by atoms with Crippen LogP contribution in [0.3, 0.4) is 0 Å². The second kappa shape index (κ2) is 8.83. The van der Waals surface area contributed by atoms with Crippen molar-refractivity contribution < 1.29 is 22.7 Å². The van der Waals surface area contributed by atoms with Gasteiger partial charge in [0, 0.05) is 28.2 Å². The number of hydrogen-bond acceptors (Lipinski definition) is 6. The van der Waals surface area contributed by atoms with Gasteiger partial charge in [-0.15, -0.1) is 11.3 Å². The zero-order valence-corrected chi connectivity index (χ0v) is 19.9. The van der Waals surface area contributed by atoms with E-state index in [0.717, 1.165) is 29.0 Å². The van der Waals surface area contributed by atoms with Gasteiger partial charge in [-0.1, -0.05) is 18.2 Å². The van der Waals surface area contributed by atoms with Crippen LogP contribution in [0.4, 0.5) is 5.69 Å². The van der Waals surface area contributed by atoms with E-state index in [9.17, 15) is 13.2 Å². The van der Waals surface area contributed by atoms with Gasteiger partial charge in [-0.2, -0.15) is 0 Å². The highest BCUT2D eigenvalue weighted by atomic mass is 32.2. The molecule has 0 spiro atoms. The fourth-order valence-corrected chi connectivity index (χ4v) is 7.50. The van der Waals surface area contributed by atoms with E-state index in [1.165, 1.54) is 43.4 Å². The van der Waals surface area contributed by atoms with Gasteiger partial charge in [-0.3, -0.25) is 4.79 Å². The standard InChI is InChI=1S/C25H25NO5S2/c1-30-16-10-12-18(13-11-16)33(28,29)22-15-32-25-20(14-23(27)26-24(22)25)19-8-4-5-9-21(19)31-17-6-2-3-7-17/h4-5,8-13,15,17,20H,2-3,6-7,14H2,1H3,(H,26,27)/t20-/m0/s1. The van der Waals surface area contributed by atoms with Gasteiger partial charge in [0.15, 0.2) is 0 Å². The molecule has 0 saturated heterocycles.